The van der Waals surface area contributed by atoms with Gasteiger partial charge < -0.3 is 0 Å². The summed E-state index contributed by atoms with van der Waals surface area (Å²) in [6, 6.07) is 7.48. The van der Waals surface area contributed by atoms with Gasteiger partial charge >= 0.3 is 92.2 Å². The molecule has 0 amide bonds. The SMILES string of the molecule is C=CC(=O)Oc1ccccc1C(C)[As]. The molecule has 1 rings (SSSR count). The average molecular weight is 250 g/mol. The molecular weight excluding hydrogens is 239 g/mol. The molecular formula is C11H11AsO2. The van der Waals surface area contributed by atoms with Crippen LogP contribution >= 0.6 is 0 Å². The molecule has 2 nitrogen and oxygen atoms in total. The van der Waals surface area contributed by atoms with Crippen LogP contribution < -0.4 is 4.74 Å². The molecule has 1 aromatic rings. The van der Waals surface area contributed by atoms with Crippen molar-refractivity contribution in [2.75, 3.05) is 0 Å². The van der Waals surface area contributed by atoms with Gasteiger partial charge in [-0.2, -0.15) is 0 Å². The van der Waals surface area contributed by atoms with Crippen LogP contribution in [0, 0.1) is 0 Å². The number of hydrogen-bond donors (Lipinski definition) is 0. The summed E-state index contributed by atoms with van der Waals surface area (Å²) < 4.78 is 5.36. The van der Waals surface area contributed by atoms with Crippen LogP contribution in [-0.2, 0) is 4.79 Å². The summed E-state index contributed by atoms with van der Waals surface area (Å²) in [6.45, 7) is 5.38. The second-order valence-corrected chi connectivity index (χ2v) is 4.46. The fourth-order valence-electron chi connectivity index (χ4n) is 1.07. The van der Waals surface area contributed by atoms with Crippen molar-refractivity contribution in [3.05, 3.63) is 42.5 Å². The summed E-state index contributed by atoms with van der Waals surface area (Å²) in [5, 5.41) is 0. The zero-order valence-electron chi connectivity index (χ0n) is 7.93. The van der Waals surface area contributed by atoms with Crippen LogP contribution in [0.5, 0.6) is 5.75 Å². The molecule has 0 aliphatic heterocycles. The van der Waals surface area contributed by atoms with Crippen molar-refractivity contribution in [1.29, 1.82) is 0 Å². The molecule has 1 atom stereocenters. The average Bonchev–Trinajstić information content (AvgIpc) is 2.18. The molecule has 72 valence electrons. The molecule has 2 radical (unpaired) electrons. The van der Waals surface area contributed by atoms with E-state index >= 15 is 0 Å². The maximum atomic E-state index is 11.0. The summed E-state index contributed by atoms with van der Waals surface area (Å²) in [7, 11) is 0. The molecule has 0 aliphatic carbocycles. The van der Waals surface area contributed by atoms with E-state index in [-0.39, 0.29) is 4.71 Å². The Hall–Kier alpha value is -1.01. The van der Waals surface area contributed by atoms with Crippen molar-refractivity contribution in [2.45, 2.75) is 11.6 Å². The van der Waals surface area contributed by atoms with Gasteiger partial charge in [-0.1, -0.05) is 0 Å². The number of carbonyl (C=O) groups excluding carboxylic acids is 1. The summed E-state index contributed by atoms with van der Waals surface area (Å²) >= 11 is 2.51. The second kappa shape index (κ2) is 5.02. The zero-order chi connectivity index (χ0) is 10.6. The van der Waals surface area contributed by atoms with Crippen LogP contribution in [0.1, 0.15) is 17.2 Å². The van der Waals surface area contributed by atoms with E-state index in [0.717, 1.165) is 11.6 Å². The molecule has 0 N–H and O–H groups in total. The third-order valence-electron chi connectivity index (χ3n) is 1.75. The van der Waals surface area contributed by atoms with E-state index in [0.29, 0.717) is 5.75 Å². The first kappa shape index (κ1) is 11.1. The van der Waals surface area contributed by atoms with E-state index in [2.05, 4.69) is 23.4 Å². The van der Waals surface area contributed by atoms with Gasteiger partial charge in [-0.15, -0.1) is 0 Å². The number of para-hydroxylation sites is 1. The van der Waals surface area contributed by atoms with Gasteiger partial charge in [0.25, 0.3) is 0 Å². The maximum absolute atomic E-state index is 11.0. The van der Waals surface area contributed by atoms with Gasteiger partial charge in [0.05, 0.1) is 0 Å². The van der Waals surface area contributed by atoms with Crippen molar-refractivity contribution < 1.29 is 9.53 Å². The van der Waals surface area contributed by atoms with E-state index in [1.165, 1.54) is 0 Å². The van der Waals surface area contributed by atoms with Crippen LogP contribution in [0.25, 0.3) is 0 Å². The quantitative estimate of drug-likeness (QED) is 0.355. The third kappa shape index (κ3) is 2.74. The Morgan fingerprint density at radius 1 is 1.57 bits per heavy atom. The standard InChI is InChI=1S/C11H11AsO2/c1-3-11(13)14-10-7-5-4-6-9(10)8(2)12/h3-8H,1H2,2H3. The van der Waals surface area contributed by atoms with Crippen LogP contribution in [0.15, 0.2) is 36.9 Å². The van der Waals surface area contributed by atoms with Crippen molar-refractivity contribution in [1.82, 2.24) is 0 Å². The van der Waals surface area contributed by atoms with Gasteiger partial charge in [0.15, 0.2) is 0 Å². The molecule has 3 heteroatoms. The third-order valence-corrected chi connectivity index (χ3v) is 2.33. The fourth-order valence-corrected chi connectivity index (χ4v) is 1.52. The minimum absolute atomic E-state index is 0.274. The Morgan fingerprint density at radius 2 is 2.21 bits per heavy atom. The number of hydrogen-bond acceptors (Lipinski definition) is 2. The van der Waals surface area contributed by atoms with E-state index in [9.17, 15) is 4.79 Å². The van der Waals surface area contributed by atoms with Crippen LogP contribution in [0.4, 0.5) is 0 Å². The molecule has 0 heterocycles. The minimum atomic E-state index is -0.425. The Morgan fingerprint density at radius 3 is 2.79 bits per heavy atom. The van der Waals surface area contributed by atoms with Crippen molar-refractivity contribution in [2.24, 2.45) is 0 Å². The normalized spacial score (nSPS) is 11.9. The summed E-state index contributed by atoms with van der Waals surface area (Å²) in [5.74, 6) is 0.177. The van der Waals surface area contributed by atoms with E-state index in [1.807, 2.05) is 25.1 Å². The van der Waals surface area contributed by atoms with Crippen LogP contribution in [0.2, 0.25) is 0 Å². The van der Waals surface area contributed by atoms with Gasteiger partial charge in [-0.3, -0.25) is 0 Å². The van der Waals surface area contributed by atoms with Crippen molar-refractivity contribution in [3.63, 3.8) is 0 Å². The molecule has 0 saturated heterocycles. The number of carbonyl (C=O) groups is 1. The molecule has 0 saturated carbocycles. The molecule has 0 aliphatic rings. The Bertz CT molecular complexity index is 345. The van der Waals surface area contributed by atoms with Gasteiger partial charge in [0.1, 0.15) is 0 Å². The topological polar surface area (TPSA) is 26.3 Å². The first-order valence-electron chi connectivity index (χ1n) is 4.26. The summed E-state index contributed by atoms with van der Waals surface area (Å²) in [5.41, 5.74) is 1.00. The van der Waals surface area contributed by atoms with Gasteiger partial charge in [0, 0.05) is 0 Å². The first-order valence-corrected chi connectivity index (χ1v) is 5.34. The zero-order valence-corrected chi connectivity index (χ0v) is 9.81. The number of rotatable bonds is 3. The van der Waals surface area contributed by atoms with E-state index in [1.54, 1.807) is 6.07 Å². The Kier molecular flexibility index (Phi) is 3.96. The summed E-state index contributed by atoms with van der Waals surface area (Å²) in [6.07, 6.45) is 1.16. The second-order valence-electron chi connectivity index (χ2n) is 2.84. The molecule has 0 fully saturated rings. The predicted molar refractivity (Wildman–Crippen MR) is 56.4 cm³/mol. The molecule has 0 spiro atoms. The Labute approximate surface area is 92.5 Å². The number of esters is 1. The molecule has 0 bridgehead atoms. The van der Waals surface area contributed by atoms with Gasteiger partial charge in [-0.05, 0) is 0 Å². The van der Waals surface area contributed by atoms with Gasteiger partial charge in [0.2, 0.25) is 0 Å². The monoisotopic (exact) mass is 250 g/mol. The Balaban J connectivity index is 2.95. The summed E-state index contributed by atoms with van der Waals surface area (Å²) in [4.78, 5) is 11.0. The molecule has 1 aromatic carbocycles. The first-order chi connectivity index (χ1) is 6.65. The number of benzene rings is 1. The van der Waals surface area contributed by atoms with Crippen molar-refractivity contribution >= 4 is 22.8 Å². The van der Waals surface area contributed by atoms with Crippen LogP contribution in [0.3, 0.4) is 0 Å². The molecule has 1 unspecified atom stereocenters. The van der Waals surface area contributed by atoms with E-state index < -0.39 is 5.97 Å². The van der Waals surface area contributed by atoms with Gasteiger partial charge in [-0.25, -0.2) is 0 Å². The molecule has 0 aromatic heterocycles. The van der Waals surface area contributed by atoms with Crippen LogP contribution in [-0.4, -0.2) is 22.8 Å². The van der Waals surface area contributed by atoms with Crippen molar-refractivity contribution in [3.8, 4) is 5.75 Å². The van der Waals surface area contributed by atoms with E-state index in [4.69, 9.17) is 4.74 Å². The predicted octanol–water partition coefficient (Wildman–Crippen LogP) is 2.01. The number of ether oxygens (including phenoxy) is 1. The fraction of sp³-hybridized carbons (Fsp3) is 0.182. The molecule has 14 heavy (non-hydrogen) atoms.